The molecule has 0 radical (unpaired) electrons. The topological polar surface area (TPSA) is 110 Å². The molecule has 0 fully saturated rings. The van der Waals surface area contributed by atoms with Gasteiger partial charge in [-0.25, -0.2) is 0 Å². The summed E-state index contributed by atoms with van der Waals surface area (Å²) in [7, 11) is 0. The van der Waals surface area contributed by atoms with Crippen LogP contribution in [0.15, 0.2) is 35.0 Å². The molecule has 8 nitrogen and oxygen atoms in total. The van der Waals surface area contributed by atoms with Gasteiger partial charge in [0.1, 0.15) is 0 Å². The first kappa shape index (κ1) is 14.2. The van der Waals surface area contributed by atoms with Crippen molar-refractivity contribution in [1.29, 1.82) is 0 Å². The van der Waals surface area contributed by atoms with E-state index < -0.39 is 0 Å². The van der Waals surface area contributed by atoms with Crippen LogP contribution in [0, 0.1) is 0 Å². The maximum Gasteiger partial charge on any atom is 0.273 e. The number of hydrogen-bond donors (Lipinski definition) is 2. The van der Waals surface area contributed by atoms with Crippen LogP contribution in [-0.4, -0.2) is 38.0 Å². The Morgan fingerprint density at radius 3 is 3.09 bits per heavy atom. The molecule has 0 aliphatic heterocycles. The van der Waals surface area contributed by atoms with Crippen molar-refractivity contribution in [3.63, 3.8) is 0 Å². The monoisotopic (exact) mass is 318 g/mol. The zero-order chi connectivity index (χ0) is 15.4. The van der Waals surface area contributed by atoms with E-state index in [1.165, 1.54) is 6.20 Å². The summed E-state index contributed by atoms with van der Waals surface area (Å²) in [6, 6.07) is 7.17. The van der Waals surface area contributed by atoms with Crippen LogP contribution in [0.4, 0.5) is 0 Å². The number of rotatable bonds is 5. The van der Waals surface area contributed by atoms with Crippen LogP contribution >= 0.6 is 11.6 Å². The number of benzene rings is 1. The van der Waals surface area contributed by atoms with Gasteiger partial charge in [-0.3, -0.25) is 4.79 Å². The molecule has 0 saturated heterocycles. The Morgan fingerprint density at radius 2 is 2.32 bits per heavy atom. The number of nitrogens with one attached hydrogen (secondary N) is 2. The van der Waals surface area contributed by atoms with Gasteiger partial charge in [-0.05, 0) is 12.1 Å². The number of aromatic nitrogens is 5. The number of amides is 1. The molecule has 0 bridgehead atoms. The van der Waals surface area contributed by atoms with E-state index in [4.69, 9.17) is 16.1 Å². The van der Waals surface area contributed by atoms with E-state index in [2.05, 4.69) is 30.9 Å². The van der Waals surface area contributed by atoms with Crippen molar-refractivity contribution in [1.82, 2.24) is 30.9 Å². The van der Waals surface area contributed by atoms with E-state index >= 15 is 0 Å². The van der Waals surface area contributed by atoms with Crippen molar-refractivity contribution in [2.24, 2.45) is 0 Å². The molecule has 0 unspecified atom stereocenters. The summed E-state index contributed by atoms with van der Waals surface area (Å²) in [5.41, 5.74) is 0.999. The lowest BCUT2D eigenvalue weighted by atomic mass is 10.2. The Bertz CT molecular complexity index is 770. The highest BCUT2D eigenvalue weighted by atomic mass is 35.5. The number of carbonyl (C=O) groups is 1. The van der Waals surface area contributed by atoms with Crippen molar-refractivity contribution >= 4 is 17.5 Å². The maximum absolute atomic E-state index is 11.6. The summed E-state index contributed by atoms with van der Waals surface area (Å²) in [5, 5.41) is 16.8. The second-order valence-electron chi connectivity index (χ2n) is 4.38. The molecule has 0 atom stereocenters. The Kier molecular flexibility index (Phi) is 4.10. The van der Waals surface area contributed by atoms with Crippen molar-refractivity contribution in [3.8, 4) is 11.4 Å². The molecule has 0 spiro atoms. The van der Waals surface area contributed by atoms with Crippen LogP contribution in [0.3, 0.4) is 0 Å². The average molecular weight is 319 g/mol. The molecule has 2 N–H and O–H groups in total. The fourth-order valence-electron chi connectivity index (χ4n) is 1.79. The largest absolute Gasteiger partial charge is 0.350 e. The highest BCUT2D eigenvalue weighted by Crippen LogP contribution is 2.19. The Morgan fingerprint density at radius 1 is 1.41 bits per heavy atom. The van der Waals surface area contributed by atoms with Crippen LogP contribution in [0.25, 0.3) is 11.4 Å². The lowest BCUT2D eigenvalue weighted by Crippen LogP contribution is -2.26. The first-order chi connectivity index (χ1) is 10.7. The van der Waals surface area contributed by atoms with E-state index in [1.807, 2.05) is 12.1 Å². The summed E-state index contributed by atoms with van der Waals surface area (Å²) in [6.45, 7) is 0.350. The third-order valence-corrected chi connectivity index (χ3v) is 3.06. The number of halogens is 1. The van der Waals surface area contributed by atoms with Gasteiger partial charge in [0.25, 0.3) is 5.91 Å². The maximum atomic E-state index is 11.6. The molecule has 0 saturated carbocycles. The van der Waals surface area contributed by atoms with Crippen molar-refractivity contribution in [2.45, 2.75) is 6.42 Å². The first-order valence-corrected chi connectivity index (χ1v) is 6.82. The highest BCUT2D eigenvalue weighted by Gasteiger charge is 2.11. The smallest absolute Gasteiger partial charge is 0.273 e. The van der Waals surface area contributed by atoms with E-state index in [1.54, 1.807) is 12.1 Å². The molecular formula is C13H11ClN6O2. The normalized spacial score (nSPS) is 10.6. The van der Waals surface area contributed by atoms with Crippen LogP contribution < -0.4 is 5.32 Å². The van der Waals surface area contributed by atoms with Gasteiger partial charge in [-0.1, -0.05) is 28.9 Å². The summed E-state index contributed by atoms with van der Waals surface area (Å²) in [5.74, 6) is 0.569. The predicted molar refractivity (Wildman–Crippen MR) is 77.2 cm³/mol. The van der Waals surface area contributed by atoms with Crippen LogP contribution in [0.1, 0.15) is 16.4 Å². The Balaban J connectivity index is 1.57. The zero-order valence-corrected chi connectivity index (χ0v) is 12.0. The molecule has 0 aliphatic rings. The molecule has 2 heterocycles. The molecule has 3 aromatic rings. The first-order valence-electron chi connectivity index (χ1n) is 6.45. The Hall–Kier alpha value is -2.74. The fraction of sp³-hybridized carbons (Fsp3) is 0.154. The number of hydrogen-bond acceptors (Lipinski definition) is 6. The van der Waals surface area contributed by atoms with Gasteiger partial charge in [-0.15, -0.1) is 0 Å². The van der Waals surface area contributed by atoms with Gasteiger partial charge >= 0.3 is 0 Å². The van der Waals surface area contributed by atoms with Gasteiger partial charge in [-0.2, -0.15) is 20.4 Å². The minimum atomic E-state index is -0.316. The predicted octanol–water partition coefficient (Wildman–Crippen LogP) is 1.48. The van der Waals surface area contributed by atoms with Crippen molar-refractivity contribution in [2.75, 3.05) is 6.54 Å². The summed E-state index contributed by atoms with van der Waals surface area (Å²) in [4.78, 5) is 15.9. The molecule has 2 aromatic heterocycles. The van der Waals surface area contributed by atoms with Gasteiger partial charge in [0, 0.05) is 23.6 Å². The fourth-order valence-corrected chi connectivity index (χ4v) is 1.98. The number of carbonyl (C=O) groups excluding carboxylic acids is 1. The molecule has 0 aliphatic carbocycles. The van der Waals surface area contributed by atoms with Gasteiger partial charge in [0.15, 0.2) is 5.69 Å². The quantitative estimate of drug-likeness (QED) is 0.737. The average Bonchev–Trinajstić information content (AvgIpc) is 3.19. The molecule has 3 rings (SSSR count). The zero-order valence-electron chi connectivity index (χ0n) is 11.3. The van der Waals surface area contributed by atoms with E-state index in [-0.39, 0.29) is 11.6 Å². The summed E-state index contributed by atoms with van der Waals surface area (Å²) in [6.07, 6.45) is 1.76. The molecule has 1 amide bonds. The minimum Gasteiger partial charge on any atom is -0.350 e. The lowest BCUT2D eigenvalue weighted by molar-refractivity contribution is 0.0948. The van der Waals surface area contributed by atoms with Gasteiger partial charge < -0.3 is 9.84 Å². The molecule has 112 valence electrons. The van der Waals surface area contributed by atoms with E-state index in [0.29, 0.717) is 29.7 Å². The number of nitrogens with zero attached hydrogens (tertiary/aromatic N) is 4. The Labute approximate surface area is 129 Å². The third-order valence-electron chi connectivity index (χ3n) is 2.82. The van der Waals surface area contributed by atoms with E-state index in [0.717, 1.165) is 5.56 Å². The van der Waals surface area contributed by atoms with E-state index in [9.17, 15) is 4.79 Å². The van der Waals surface area contributed by atoms with Crippen LogP contribution in [0.5, 0.6) is 0 Å². The molecule has 22 heavy (non-hydrogen) atoms. The lowest BCUT2D eigenvalue weighted by Gasteiger charge is -1.99. The molecule has 9 heteroatoms. The summed E-state index contributed by atoms with van der Waals surface area (Å²) < 4.78 is 5.14. The molecule has 1 aromatic carbocycles. The van der Waals surface area contributed by atoms with Crippen molar-refractivity contribution < 1.29 is 9.32 Å². The number of aromatic amines is 1. The second kappa shape index (κ2) is 6.35. The highest BCUT2D eigenvalue weighted by molar-refractivity contribution is 6.30. The minimum absolute atomic E-state index is 0.227. The van der Waals surface area contributed by atoms with Gasteiger partial charge in [0.05, 0.1) is 6.20 Å². The van der Waals surface area contributed by atoms with Gasteiger partial charge in [0.2, 0.25) is 11.7 Å². The second-order valence-corrected chi connectivity index (χ2v) is 4.82. The molecular weight excluding hydrogens is 308 g/mol. The van der Waals surface area contributed by atoms with Crippen molar-refractivity contribution in [3.05, 3.63) is 47.1 Å². The van der Waals surface area contributed by atoms with Crippen LogP contribution in [0.2, 0.25) is 5.02 Å². The standard InChI is InChI=1S/C13H11ClN6O2/c14-9-3-1-2-8(6-9)12-17-11(22-19-12)4-5-15-13(21)10-7-16-20-18-10/h1-3,6-7H,4-5H2,(H,15,21)(H,16,18,20). The van der Waals surface area contributed by atoms with Crippen LogP contribution in [-0.2, 0) is 6.42 Å². The third kappa shape index (κ3) is 3.29. The number of H-pyrrole nitrogens is 1. The SMILES string of the molecule is O=C(NCCc1nc(-c2cccc(Cl)c2)no1)c1cn[nH]n1. The summed E-state index contributed by atoms with van der Waals surface area (Å²) >= 11 is 5.92.